The molecule has 2 aliphatic rings. The molecule has 8 heteroatoms. The van der Waals surface area contributed by atoms with Gasteiger partial charge in [0.1, 0.15) is 11.3 Å². The van der Waals surface area contributed by atoms with Crippen LogP contribution in [-0.2, 0) is 30.3 Å². The van der Waals surface area contributed by atoms with E-state index >= 15 is 0 Å². The van der Waals surface area contributed by atoms with E-state index in [0.29, 0.717) is 5.69 Å². The zero-order valence-electron chi connectivity index (χ0n) is 23.9. The molecule has 0 unspecified atom stereocenters. The summed E-state index contributed by atoms with van der Waals surface area (Å²) >= 11 is 0. The molecule has 8 nitrogen and oxygen atoms in total. The van der Waals surface area contributed by atoms with E-state index < -0.39 is 23.1 Å². The Morgan fingerprint density at radius 3 is 1.79 bits per heavy atom. The summed E-state index contributed by atoms with van der Waals surface area (Å²) in [4.78, 5) is 31.4. The number of methoxy groups -OCH3 is 2. The Morgan fingerprint density at radius 1 is 0.714 bits per heavy atom. The van der Waals surface area contributed by atoms with Crippen LogP contribution in [0.2, 0.25) is 0 Å². The van der Waals surface area contributed by atoms with E-state index in [0.717, 1.165) is 27.9 Å². The first kappa shape index (κ1) is 27.0. The molecular weight excluding hydrogens is 528 g/mol. The number of hydrogen-bond donors (Lipinski definition) is 1. The maximum absolute atomic E-state index is 14.1. The third-order valence-corrected chi connectivity index (χ3v) is 7.92. The summed E-state index contributed by atoms with van der Waals surface area (Å²) in [5.74, 6) is -1.36. The van der Waals surface area contributed by atoms with Crippen molar-refractivity contribution in [3.05, 3.63) is 143 Å². The highest BCUT2D eigenvalue weighted by Crippen LogP contribution is 2.62. The van der Waals surface area contributed by atoms with Crippen molar-refractivity contribution in [3.63, 3.8) is 0 Å². The predicted octanol–water partition coefficient (Wildman–Crippen LogP) is 5.79. The Balaban J connectivity index is 1.83. The highest BCUT2D eigenvalue weighted by atomic mass is 16.5. The van der Waals surface area contributed by atoms with Crippen LogP contribution in [0, 0.1) is 13.8 Å². The number of para-hydroxylation sites is 2. The van der Waals surface area contributed by atoms with E-state index in [2.05, 4.69) is 5.43 Å². The van der Waals surface area contributed by atoms with Crippen molar-refractivity contribution in [2.24, 2.45) is 5.11 Å². The van der Waals surface area contributed by atoms with Gasteiger partial charge in [-0.1, -0.05) is 96.1 Å². The second kappa shape index (κ2) is 10.3. The van der Waals surface area contributed by atoms with Gasteiger partial charge in [0.25, 0.3) is 11.4 Å². The number of nitrogens with one attached hydrogen (secondary N) is 1. The molecule has 2 atom stereocenters. The fraction of sp³-hybridized carbons (Fsp3) is 0.176. The minimum absolute atomic E-state index is 0.0423. The van der Waals surface area contributed by atoms with Crippen LogP contribution in [-0.4, -0.2) is 31.0 Å². The normalized spacial score (nSPS) is 21.0. The molecule has 4 aromatic rings. The van der Waals surface area contributed by atoms with Gasteiger partial charge in [-0.25, -0.2) is 9.59 Å². The van der Waals surface area contributed by atoms with Crippen LogP contribution in [0.25, 0.3) is 0 Å². The van der Waals surface area contributed by atoms with Gasteiger partial charge >= 0.3 is 11.9 Å². The number of nitrogens with zero attached hydrogens (tertiary/aromatic N) is 3. The SMILES string of the molecule is COC(=O)C1=C(C(=O)OC)[C@]2(c3ccc(C)cc3)N[N+](c3ccccc3)=N[C@]2(c2ccc(C)cc2)N1c1ccccc1. The Hall–Kier alpha value is -5.24. The van der Waals surface area contributed by atoms with Crippen molar-refractivity contribution in [1.82, 2.24) is 5.43 Å². The summed E-state index contributed by atoms with van der Waals surface area (Å²) in [5.41, 5.74) is 5.86. The van der Waals surface area contributed by atoms with Crippen LogP contribution in [0.1, 0.15) is 22.3 Å². The number of carbonyl (C=O) groups is 2. The molecule has 0 aromatic heterocycles. The number of aryl methyl sites for hydroxylation is 2. The molecule has 0 saturated heterocycles. The number of ether oxygens (including phenoxy) is 2. The first-order valence-corrected chi connectivity index (χ1v) is 13.6. The molecule has 2 heterocycles. The summed E-state index contributed by atoms with van der Waals surface area (Å²) in [7, 11) is 2.62. The number of carbonyl (C=O) groups excluding carboxylic acids is 2. The Bertz CT molecular complexity index is 1720. The van der Waals surface area contributed by atoms with E-state index in [9.17, 15) is 9.59 Å². The largest absolute Gasteiger partial charge is 0.466 e. The summed E-state index contributed by atoms with van der Waals surface area (Å²) in [6, 6.07) is 34.9. The van der Waals surface area contributed by atoms with Crippen LogP contribution in [0.5, 0.6) is 0 Å². The monoisotopic (exact) mass is 559 g/mol. The highest BCUT2D eigenvalue weighted by molar-refractivity contribution is 6.07. The van der Waals surface area contributed by atoms with Crippen LogP contribution in [0.4, 0.5) is 11.4 Å². The molecule has 6 rings (SSSR count). The lowest BCUT2D eigenvalue weighted by Gasteiger charge is -2.40. The van der Waals surface area contributed by atoms with Gasteiger partial charge in [-0.05, 0) is 31.5 Å². The molecule has 0 bridgehead atoms. The van der Waals surface area contributed by atoms with Gasteiger partial charge in [0.15, 0.2) is 0 Å². The van der Waals surface area contributed by atoms with Gasteiger partial charge in [0.05, 0.1) is 14.2 Å². The van der Waals surface area contributed by atoms with Crippen molar-refractivity contribution < 1.29 is 23.9 Å². The predicted molar refractivity (Wildman–Crippen MR) is 158 cm³/mol. The summed E-state index contributed by atoms with van der Waals surface area (Å²) in [6.07, 6.45) is 0. The number of azo groups is 1. The molecule has 0 amide bonds. The second-order valence-electron chi connectivity index (χ2n) is 10.4. The molecule has 0 fully saturated rings. The van der Waals surface area contributed by atoms with Gasteiger partial charge in [-0.15, -0.1) is 5.43 Å². The minimum atomic E-state index is -1.43. The van der Waals surface area contributed by atoms with Crippen LogP contribution in [0.3, 0.4) is 0 Å². The smallest absolute Gasteiger partial charge is 0.355 e. The highest BCUT2D eigenvalue weighted by Gasteiger charge is 2.77. The van der Waals surface area contributed by atoms with Crippen molar-refractivity contribution in [3.8, 4) is 0 Å². The van der Waals surface area contributed by atoms with Crippen LogP contribution >= 0.6 is 0 Å². The molecular formula is C34H31N4O4+. The van der Waals surface area contributed by atoms with E-state index in [1.165, 1.54) is 14.2 Å². The summed E-state index contributed by atoms with van der Waals surface area (Å²) < 4.78 is 10.8. The van der Waals surface area contributed by atoms with Gasteiger partial charge in [0, 0.05) is 33.3 Å². The number of rotatable bonds is 6. The fourth-order valence-corrected chi connectivity index (χ4v) is 6.00. The van der Waals surface area contributed by atoms with E-state index in [4.69, 9.17) is 14.6 Å². The number of fused-ring (bicyclic) bond motifs is 1. The fourth-order valence-electron chi connectivity index (χ4n) is 6.00. The number of hydrogen-bond acceptors (Lipinski definition) is 7. The van der Waals surface area contributed by atoms with E-state index in [-0.39, 0.29) is 11.3 Å². The maximum atomic E-state index is 14.1. The number of esters is 2. The zero-order valence-corrected chi connectivity index (χ0v) is 23.9. The summed E-state index contributed by atoms with van der Waals surface area (Å²) in [6.45, 7) is 4.01. The van der Waals surface area contributed by atoms with Crippen molar-refractivity contribution in [2.45, 2.75) is 25.0 Å². The lowest BCUT2D eigenvalue weighted by atomic mass is 9.71. The van der Waals surface area contributed by atoms with Crippen molar-refractivity contribution in [1.29, 1.82) is 0 Å². The average Bonchev–Trinajstić information content (AvgIpc) is 3.50. The zero-order chi connectivity index (χ0) is 29.5. The Labute approximate surface area is 244 Å². The molecule has 0 spiro atoms. The second-order valence-corrected chi connectivity index (χ2v) is 10.4. The number of hydrazine groups is 1. The lowest BCUT2D eigenvalue weighted by molar-refractivity contribution is -0.567. The van der Waals surface area contributed by atoms with E-state index in [1.54, 1.807) is 4.81 Å². The standard InChI is InChI=1S/C34H31N4O4/c1-23-15-19-25(20-16-23)33-29(31(39)41-3)30(32(40)42-4)37(27-11-7-5-8-12-27)34(33,26-21-17-24(2)18-22-26)36-38(35-33)28-13-9-6-10-14-28/h5-22H,1-4H3,(H,35,36)/q+1/t33-,34+/m0/s1. The summed E-state index contributed by atoms with van der Waals surface area (Å²) in [5, 5.41) is 5.41. The van der Waals surface area contributed by atoms with Gasteiger partial charge in [0.2, 0.25) is 5.54 Å². The van der Waals surface area contributed by atoms with Gasteiger partial charge in [-0.3, -0.25) is 4.90 Å². The first-order valence-electron chi connectivity index (χ1n) is 13.6. The molecule has 4 aromatic carbocycles. The third kappa shape index (κ3) is 3.83. The Kier molecular flexibility index (Phi) is 6.61. The molecule has 2 aliphatic heterocycles. The Morgan fingerprint density at radius 2 is 1.24 bits per heavy atom. The number of anilines is 1. The van der Waals surface area contributed by atoms with Gasteiger partial charge < -0.3 is 9.47 Å². The minimum Gasteiger partial charge on any atom is -0.466 e. The molecule has 0 aliphatic carbocycles. The van der Waals surface area contributed by atoms with Crippen LogP contribution < -0.4 is 10.3 Å². The topological polar surface area (TPSA) is 83.2 Å². The molecule has 0 radical (unpaired) electrons. The molecule has 210 valence electrons. The van der Waals surface area contributed by atoms with Crippen molar-refractivity contribution in [2.75, 3.05) is 19.1 Å². The van der Waals surface area contributed by atoms with Gasteiger partial charge in [-0.2, -0.15) is 0 Å². The third-order valence-electron chi connectivity index (χ3n) is 7.92. The number of benzene rings is 4. The first-order chi connectivity index (χ1) is 20.4. The molecule has 1 N–H and O–H groups in total. The molecule has 42 heavy (non-hydrogen) atoms. The van der Waals surface area contributed by atoms with E-state index in [1.807, 2.05) is 128 Å². The van der Waals surface area contributed by atoms with Crippen molar-refractivity contribution >= 4 is 23.3 Å². The average molecular weight is 560 g/mol. The quantitative estimate of drug-likeness (QED) is 0.238. The van der Waals surface area contributed by atoms with Crippen LogP contribution in [0.15, 0.2) is 126 Å². The maximum Gasteiger partial charge on any atom is 0.355 e. The molecule has 0 saturated carbocycles. The lowest BCUT2D eigenvalue weighted by Crippen LogP contribution is -2.58.